The molecule has 0 radical (unpaired) electrons. The average Bonchev–Trinajstić information content (AvgIpc) is 2.18. The van der Waals surface area contributed by atoms with Gasteiger partial charge in [0.2, 0.25) is 10.0 Å². The molecule has 0 bridgehead atoms. The van der Waals surface area contributed by atoms with Crippen molar-refractivity contribution < 1.29 is 13.2 Å². The Hall–Kier alpha value is -0.170. The molecule has 88 valence electrons. The molecule has 2 heterocycles. The van der Waals surface area contributed by atoms with Gasteiger partial charge >= 0.3 is 0 Å². The van der Waals surface area contributed by atoms with Gasteiger partial charge in [-0.1, -0.05) is 0 Å². The van der Waals surface area contributed by atoms with Crippen LogP contribution in [0, 0.1) is 0 Å². The molecule has 0 unspecified atom stereocenters. The molecule has 2 rings (SSSR count). The van der Waals surface area contributed by atoms with E-state index in [1.165, 1.54) is 10.6 Å². The van der Waals surface area contributed by atoms with Crippen LogP contribution in [-0.4, -0.2) is 57.4 Å². The Bertz CT molecular complexity index is 317. The summed E-state index contributed by atoms with van der Waals surface area (Å²) >= 11 is 0. The highest BCUT2D eigenvalue weighted by Crippen LogP contribution is 2.27. The fraction of sp³-hybridized carbons (Fsp3) is 1.00. The van der Waals surface area contributed by atoms with Crippen molar-refractivity contribution in [2.24, 2.45) is 0 Å². The van der Waals surface area contributed by atoms with E-state index in [-0.39, 0.29) is 5.60 Å². The minimum atomic E-state index is -3.08. The van der Waals surface area contributed by atoms with Crippen LogP contribution in [0.1, 0.15) is 12.8 Å². The maximum atomic E-state index is 11.5. The molecule has 1 spiro atoms. The van der Waals surface area contributed by atoms with Gasteiger partial charge in [-0.3, -0.25) is 0 Å². The highest BCUT2D eigenvalue weighted by Gasteiger charge is 2.40. The lowest BCUT2D eigenvalue weighted by Gasteiger charge is -2.44. The fourth-order valence-corrected chi connectivity index (χ4v) is 3.24. The maximum Gasteiger partial charge on any atom is 0.211 e. The summed E-state index contributed by atoms with van der Waals surface area (Å²) < 4.78 is 30.2. The van der Waals surface area contributed by atoms with Crippen molar-refractivity contribution in [3.63, 3.8) is 0 Å². The van der Waals surface area contributed by atoms with E-state index >= 15 is 0 Å². The molecule has 0 aromatic heterocycles. The van der Waals surface area contributed by atoms with E-state index in [0.717, 1.165) is 25.9 Å². The molecule has 15 heavy (non-hydrogen) atoms. The molecule has 5 nitrogen and oxygen atoms in total. The number of morpholine rings is 1. The van der Waals surface area contributed by atoms with Gasteiger partial charge in [-0.05, 0) is 12.8 Å². The van der Waals surface area contributed by atoms with E-state index in [9.17, 15) is 8.42 Å². The molecule has 0 saturated carbocycles. The van der Waals surface area contributed by atoms with Crippen LogP contribution in [0.5, 0.6) is 0 Å². The van der Waals surface area contributed by atoms with Crippen LogP contribution in [0.15, 0.2) is 0 Å². The monoisotopic (exact) mass is 234 g/mol. The van der Waals surface area contributed by atoms with Crippen LogP contribution in [0.4, 0.5) is 0 Å². The third-order valence-electron chi connectivity index (χ3n) is 3.11. The lowest BCUT2D eigenvalue weighted by molar-refractivity contribution is -0.0922. The topological polar surface area (TPSA) is 58.6 Å². The number of rotatable bonds is 1. The number of piperidine rings is 1. The summed E-state index contributed by atoms with van der Waals surface area (Å²) in [5, 5.41) is 3.27. The minimum Gasteiger partial charge on any atom is -0.371 e. The van der Waals surface area contributed by atoms with Crippen LogP contribution in [-0.2, 0) is 14.8 Å². The molecule has 2 aliphatic heterocycles. The number of hydrogen-bond donors (Lipinski definition) is 1. The second-order valence-electron chi connectivity index (χ2n) is 4.41. The Morgan fingerprint density at radius 2 is 2.27 bits per heavy atom. The summed E-state index contributed by atoms with van der Waals surface area (Å²) in [6.45, 7) is 3.43. The SMILES string of the molecule is CS(=O)(=O)N1CCC[C@@]2(CNCCO2)C1. The molecule has 6 heteroatoms. The quantitative estimate of drug-likeness (QED) is 0.658. The van der Waals surface area contributed by atoms with Gasteiger partial charge in [0.15, 0.2) is 0 Å². The smallest absolute Gasteiger partial charge is 0.211 e. The average molecular weight is 234 g/mol. The van der Waals surface area contributed by atoms with E-state index in [0.29, 0.717) is 19.7 Å². The largest absolute Gasteiger partial charge is 0.371 e. The summed E-state index contributed by atoms with van der Waals surface area (Å²) in [5.41, 5.74) is -0.278. The van der Waals surface area contributed by atoms with Crippen molar-refractivity contribution in [1.82, 2.24) is 9.62 Å². The zero-order valence-corrected chi connectivity index (χ0v) is 9.85. The Kier molecular flexibility index (Phi) is 3.03. The van der Waals surface area contributed by atoms with Crippen molar-refractivity contribution in [2.75, 3.05) is 39.0 Å². The standard InChI is InChI=1S/C9H18N2O3S/c1-15(12,13)11-5-2-3-9(8-11)7-10-4-6-14-9/h10H,2-8H2,1H3/t9-/m1/s1. The molecular formula is C9H18N2O3S. The van der Waals surface area contributed by atoms with Gasteiger partial charge in [0.05, 0.1) is 18.5 Å². The summed E-state index contributed by atoms with van der Waals surface area (Å²) in [6, 6.07) is 0. The summed E-state index contributed by atoms with van der Waals surface area (Å²) in [5.74, 6) is 0. The van der Waals surface area contributed by atoms with Crippen LogP contribution >= 0.6 is 0 Å². The van der Waals surface area contributed by atoms with E-state index in [4.69, 9.17) is 4.74 Å². The number of nitrogens with zero attached hydrogens (tertiary/aromatic N) is 1. The van der Waals surface area contributed by atoms with Crippen molar-refractivity contribution in [1.29, 1.82) is 0 Å². The molecule has 2 saturated heterocycles. The second-order valence-corrected chi connectivity index (χ2v) is 6.39. The van der Waals surface area contributed by atoms with Gasteiger partial charge in [0.25, 0.3) is 0 Å². The molecule has 2 fully saturated rings. The van der Waals surface area contributed by atoms with Gasteiger partial charge in [-0.25, -0.2) is 8.42 Å². The first kappa shape index (κ1) is 11.3. The third-order valence-corrected chi connectivity index (χ3v) is 4.36. The Labute approximate surface area is 90.8 Å². The number of ether oxygens (including phenoxy) is 1. The highest BCUT2D eigenvalue weighted by molar-refractivity contribution is 7.88. The van der Waals surface area contributed by atoms with Crippen molar-refractivity contribution in [3.05, 3.63) is 0 Å². The van der Waals surface area contributed by atoms with Crippen LogP contribution in [0.25, 0.3) is 0 Å². The first-order valence-electron chi connectivity index (χ1n) is 5.32. The fourth-order valence-electron chi connectivity index (χ4n) is 2.31. The van der Waals surface area contributed by atoms with Crippen LogP contribution < -0.4 is 5.32 Å². The van der Waals surface area contributed by atoms with E-state index in [2.05, 4.69) is 5.32 Å². The van der Waals surface area contributed by atoms with Crippen LogP contribution in [0.3, 0.4) is 0 Å². The molecule has 2 aliphatic rings. The summed E-state index contributed by atoms with van der Waals surface area (Å²) in [7, 11) is -3.08. The number of sulfonamides is 1. The molecule has 0 aromatic carbocycles. The van der Waals surface area contributed by atoms with Gasteiger partial charge in [-0.2, -0.15) is 4.31 Å². The molecule has 0 amide bonds. The normalized spacial score (nSPS) is 34.5. The van der Waals surface area contributed by atoms with E-state index < -0.39 is 10.0 Å². The lowest BCUT2D eigenvalue weighted by Crippen LogP contribution is -2.59. The van der Waals surface area contributed by atoms with Gasteiger partial charge in [-0.15, -0.1) is 0 Å². The second kappa shape index (κ2) is 4.01. The zero-order valence-electron chi connectivity index (χ0n) is 9.03. The van der Waals surface area contributed by atoms with Gasteiger partial charge in [0.1, 0.15) is 0 Å². The first-order chi connectivity index (χ1) is 7.02. The Balaban J connectivity index is 2.09. The first-order valence-corrected chi connectivity index (χ1v) is 7.17. The lowest BCUT2D eigenvalue weighted by atomic mass is 9.93. The summed E-state index contributed by atoms with van der Waals surface area (Å²) in [6.07, 6.45) is 3.10. The molecule has 1 atom stereocenters. The Morgan fingerprint density at radius 1 is 1.47 bits per heavy atom. The van der Waals surface area contributed by atoms with Crippen molar-refractivity contribution in [3.8, 4) is 0 Å². The zero-order chi connectivity index (χ0) is 10.9. The van der Waals surface area contributed by atoms with Crippen molar-refractivity contribution >= 4 is 10.0 Å². The van der Waals surface area contributed by atoms with Gasteiger partial charge in [0, 0.05) is 26.2 Å². The van der Waals surface area contributed by atoms with Gasteiger partial charge < -0.3 is 10.1 Å². The predicted octanol–water partition coefficient (Wildman–Crippen LogP) is -0.600. The molecule has 0 aromatic rings. The van der Waals surface area contributed by atoms with Crippen LogP contribution in [0.2, 0.25) is 0 Å². The maximum absolute atomic E-state index is 11.5. The van der Waals surface area contributed by atoms with Crippen molar-refractivity contribution in [2.45, 2.75) is 18.4 Å². The Morgan fingerprint density at radius 3 is 2.87 bits per heavy atom. The van der Waals surface area contributed by atoms with E-state index in [1.54, 1.807) is 0 Å². The molecular weight excluding hydrogens is 216 g/mol. The minimum absolute atomic E-state index is 0.278. The molecule has 0 aliphatic carbocycles. The van der Waals surface area contributed by atoms with E-state index in [1.807, 2.05) is 0 Å². The predicted molar refractivity (Wildman–Crippen MR) is 57.2 cm³/mol. The number of hydrogen-bond acceptors (Lipinski definition) is 4. The highest BCUT2D eigenvalue weighted by atomic mass is 32.2. The third kappa shape index (κ3) is 2.50. The number of nitrogens with one attached hydrogen (secondary N) is 1. The molecule has 1 N–H and O–H groups in total. The summed E-state index contributed by atoms with van der Waals surface area (Å²) in [4.78, 5) is 0.